The molecule has 1 aromatic heterocycles. The van der Waals surface area contributed by atoms with Gasteiger partial charge in [0.1, 0.15) is 0 Å². The van der Waals surface area contributed by atoms with Gasteiger partial charge in [-0.15, -0.1) is 0 Å². The molecule has 8 nitrogen and oxygen atoms in total. The number of carbonyl (C=O) groups excluding carboxylic acids is 2. The van der Waals surface area contributed by atoms with E-state index in [0.717, 1.165) is 87.2 Å². The summed E-state index contributed by atoms with van der Waals surface area (Å²) in [5.74, 6) is 0.562. The van der Waals surface area contributed by atoms with Crippen LogP contribution in [0.15, 0.2) is 65.3 Å². The van der Waals surface area contributed by atoms with E-state index in [1.54, 1.807) is 4.90 Å². The molecular formula is C38H46BrClN6O2. The molecule has 4 aliphatic rings. The van der Waals surface area contributed by atoms with Gasteiger partial charge in [-0.05, 0) is 107 Å². The molecule has 1 aliphatic carbocycles. The van der Waals surface area contributed by atoms with E-state index in [1.807, 2.05) is 12.3 Å². The minimum atomic E-state index is -0.358. The van der Waals surface area contributed by atoms with Crippen LogP contribution >= 0.6 is 27.5 Å². The number of rotatable bonds is 6. The Bertz CT molecular complexity index is 1550. The molecule has 0 radical (unpaired) electrons. The largest absolute Gasteiger partial charge is 0.351 e. The number of carbonyl (C=O) groups is 2. The summed E-state index contributed by atoms with van der Waals surface area (Å²) in [6, 6.07) is 19.6. The number of nitrogens with two attached hydrogens (primary N) is 1. The number of aromatic nitrogens is 1. The van der Waals surface area contributed by atoms with Crippen molar-refractivity contribution >= 4 is 39.5 Å². The predicted octanol–water partition coefficient (Wildman–Crippen LogP) is 6.09. The average molecular weight is 734 g/mol. The Kier molecular flexibility index (Phi) is 10.4. The van der Waals surface area contributed by atoms with Gasteiger partial charge < -0.3 is 15.5 Å². The summed E-state index contributed by atoms with van der Waals surface area (Å²) < 4.78 is 1.03. The average Bonchev–Trinajstić information content (AvgIpc) is 3.25. The number of piperazine rings is 1. The van der Waals surface area contributed by atoms with Gasteiger partial charge in [-0.25, -0.2) is 4.79 Å². The second-order valence-electron chi connectivity index (χ2n) is 14.1. The molecule has 1 unspecified atom stereocenters. The SMILES string of the molecule is NC(=O)N1CCC(CC(=O)N2CCN(C3CCN(C4c5ccc(Cl)cc5CCc5cc(Br)cnc54)CC3)C[C@H]2Cc2ccccc2)CC1. The van der Waals surface area contributed by atoms with Gasteiger partial charge >= 0.3 is 6.03 Å². The second-order valence-corrected chi connectivity index (χ2v) is 15.5. The van der Waals surface area contributed by atoms with Crippen LogP contribution in [-0.2, 0) is 24.1 Å². The van der Waals surface area contributed by atoms with Crippen LogP contribution < -0.4 is 5.73 Å². The first-order chi connectivity index (χ1) is 23.3. The van der Waals surface area contributed by atoms with Crippen LogP contribution in [0.2, 0.25) is 5.02 Å². The highest BCUT2D eigenvalue weighted by Crippen LogP contribution is 2.39. The summed E-state index contributed by atoms with van der Waals surface area (Å²) in [6.45, 7) is 5.86. The summed E-state index contributed by atoms with van der Waals surface area (Å²) >= 11 is 10.1. The number of piperidine rings is 2. The maximum atomic E-state index is 13.8. The Labute approximate surface area is 297 Å². The fourth-order valence-electron chi connectivity index (χ4n) is 8.61. The lowest BCUT2D eigenvalue weighted by atomic mass is 9.91. The van der Waals surface area contributed by atoms with Gasteiger partial charge in [0, 0.05) is 80.0 Å². The van der Waals surface area contributed by atoms with Crippen molar-refractivity contribution in [2.75, 3.05) is 45.8 Å². The molecule has 3 aliphatic heterocycles. The molecule has 3 amide bonds. The number of urea groups is 1. The zero-order valence-corrected chi connectivity index (χ0v) is 29.9. The molecule has 7 rings (SSSR count). The number of benzene rings is 2. The van der Waals surface area contributed by atoms with Gasteiger partial charge in [-0.1, -0.05) is 48.0 Å². The summed E-state index contributed by atoms with van der Waals surface area (Å²) in [5.41, 5.74) is 11.9. The highest BCUT2D eigenvalue weighted by molar-refractivity contribution is 9.10. The van der Waals surface area contributed by atoms with Crippen LogP contribution in [0.1, 0.15) is 66.1 Å². The number of nitrogens with zero attached hydrogens (tertiary/aromatic N) is 5. The van der Waals surface area contributed by atoms with Crippen molar-refractivity contribution in [1.29, 1.82) is 0 Å². The molecule has 2 aromatic carbocycles. The maximum absolute atomic E-state index is 13.8. The third-order valence-electron chi connectivity index (χ3n) is 11.2. The molecule has 2 atom stereocenters. The van der Waals surface area contributed by atoms with Crippen molar-refractivity contribution in [2.45, 2.75) is 69.5 Å². The molecule has 254 valence electrons. The lowest BCUT2D eigenvalue weighted by Crippen LogP contribution is -2.59. The Morgan fingerprint density at radius 1 is 0.875 bits per heavy atom. The lowest BCUT2D eigenvalue weighted by Gasteiger charge is -2.48. The standard InChI is InChI=1S/C38H46BrClN6O2/c39-30-22-29-7-6-28-23-31(40)8-9-34(28)37(36(29)42-24-30)43-16-12-32(13-17-43)45-18-19-46(33(25-45)20-26-4-2-1-3-5-26)35(47)21-27-10-14-44(15-11-27)38(41)48/h1-5,8-9,22-24,27,32-33,37H,6-7,10-21,25H2,(H2,41,48)/t33-,37?/m1/s1. The minimum Gasteiger partial charge on any atom is -0.351 e. The summed E-state index contributed by atoms with van der Waals surface area (Å²) in [7, 11) is 0. The number of hydrogen-bond acceptors (Lipinski definition) is 5. The topological polar surface area (TPSA) is 86.0 Å². The van der Waals surface area contributed by atoms with Gasteiger partial charge in [-0.2, -0.15) is 0 Å². The van der Waals surface area contributed by atoms with Crippen LogP contribution in [0.3, 0.4) is 0 Å². The normalized spacial score (nSPS) is 23.0. The number of halogens is 2. The minimum absolute atomic E-state index is 0.124. The highest BCUT2D eigenvalue weighted by atomic mass is 79.9. The van der Waals surface area contributed by atoms with Crippen LogP contribution in [0, 0.1) is 5.92 Å². The molecule has 10 heteroatoms. The van der Waals surface area contributed by atoms with Crippen LogP contribution in [0.4, 0.5) is 4.79 Å². The van der Waals surface area contributed by atoms with E-state index in [4.69, 9.17) is 22.3 Å². The van der Waals surface area contributed by atoms with E-state index < -0.39 is 0 Å². The zero-order chi connectivity index (χ0) is 33.2. The van der Waals surface area contributed by atoms with Crippen molar-refractivity contribution in [3.8, 4) is 0 Å². The van der Waals surface area contributed by atoms with E-state index >= 15 is 0 Å². The van der Waals surface area contributed by atoms with E-state index in [9.17, 15) is 9.59 Å². The fraction of sp³-hybridized carbons (Fsp3) is 0.500. The predicted molar refractivity (Wildman–Crippen MR) is 193 cm³/mol. The molecular weight excluding hydrogens is 688 g/mol. The molecule has 0 bridgehead atoms. The first-order valence-electron chi connectivity index (χ1n) is 17.6. The van der Waals surface area contributed by atoms with E-state index in [2.05, 4.69) is 79.2 Å². The molecule has 3 aromatic rings. The number of primary amides is 1. The lowest BCUT2D eigenvalue weighted by molar-refractivity contribution is -0.138. The molecule has 0 saturated carbocycles. The van der Waals surface area contributed by atoms with Crippen LogP contribution in [0.25, 0.3) is 0 Å². The zero-order valence-electron chi connectivity index (χ0n) is 27.6. The number of hydrogen-bond donors (Lipinski definition) is 1. The number of likely N-dealkylation sites (tertiary alicyclic amines) is 2. The van der Waals surface area contributed by atoms with Gasteiger partial charge in [0.05, 0.1) is 11.7 Å². The molecule has 3 fully saturated rings. The number of aryl methyl sites for hydroxylation is 2. The Morgan fingerprint density at radius 3 is 2.38 bits per heavy atom. The smallest absolute Gasteiger partial charge is 0.314 e. The van der Waals surface area contributed by atoms with E-state index in [-0.39, 0.29) is 24.0 Å². The van der Waals surface area contributed by atoms with Crippen molar-refractivity contribution in [1.82, 2.24) is 24.6 Å². The van der Waals surface area contributed by atoms with Crippen molar-refractivity contribution in [2.24, 2.45) is 11.7 Å². The second kappa shape index (κ2) is 14.9. The third-order valence-corrected chi connectivity index (χ3v) is 11.9. The summed E-state index contributed by atoms with van der Waals surface area (Å²) in [6.07, 6.45) is 9.14. The maximum Gasteiger partial charge on any atom is 0.314 e. The number of fused-ring (bicyclic) bond motifs is 2. The molecule has 0 spiro atoms. The number of pyridine rings is 1. The van der Waals surface area contributed by atoms with Gasteiger partial charge in [0.2, 0.25) is 5.91 Å². The first kappa shape index (κ1) is 33.5. The quantitative estimate of drug-likeness (QED) is 0.332. The Hall–Kier alpha value is -2.98. The summed E-state index contributed by atoms with van der Waals surface area (Å²) in [5, 5.41) is 0.794. The van der Waals surface area contributed by atoms with Crippen molar-refractivity contribution < 1.29 is 9.59 Å². The fourth-order valence-corrected chi connectivity index (χ4v) is 9.19. The van der Waals surface area contributed by atoms with Crippen LogP contribution in [-0.4, -0.2) is 94.4 Å². The molecule has 2 N–H and O–H groups in total. The highest BCUT2D eigenvalue weighted by Gasteiger charge is 2.38. The van der Waals surface area contributed by atoms with Crippen molar-refractivity contribution in [3.63, 3.8) is 0 Å². The Morgan fingerprint density at radius 2 is 1.62 bits per heavy atom. The summed E-state index contributed by atoms with van der Waals surface area (Å²) in [4.78, 5) is 39.6. The van der Waals surface area contributed by atoms with E-state index in [0.29, 0.717) is 31.5 Å². The van der Waals surface area contributed by atoms with Crippen LogP contribution in [0.5, 0.6) is 0 Å². The first-order valence-corrected chi connectivity index (χ1v) is 18.8. The number of amides is 3. The van der Waals surface area contributed by atoms with Gasteiger partial charge in [-0.3, -0.25) is 19.6 Å². The third kappa shape index (κ3) is 7.44. The Balaban J connectivity index is 1.04. The molecule has 3 saturated heterocycles. The van der Waals surface area contributed by atoms with Gasteiger partial charge in [0.25, 0.3) is 0 Å². The molecule has 48 heavy (non-hydrogen) atoms. The van der Waals surface area contributed by atoms with Crippen molar-refractivity contribution in [3.05, 3.63) is 98.2 Å². The monoisotopic (exact) mass is 732 g/mol. The van der Waals surface area contributed by atoms with E-state index in [1.165, 1.54) is 27.9 Å². The molecule has 4 heterocycles. The van der Waals surface area contributed by atoms with Gasteiger partial charge in [0.15, 0.2) is 0 Å².